The van der Waals surface area contributed by atoms with Gasteiger partial charge >= 0.3 is 0 Å². The smallest absolute Gasteiger partial charge is 0.225 e. The van der Waals surface area contributed by atoms with E-state index in [-0.39, 0.29) is 41.1 Å². The van der Waals surface area contributed by atoms with Crippen molar-refractivity contribution in [1.82, 2.24) is 14.9 Å². The molecular weight excluding hydrogens is 488 g/mol. The molecule has 3 N–H and O–H groups in total. The molecule has 0 aliphatic heterocycles. The van der Waals surface area contributed by atoms with Crippen LogP contribution in [0.4, 0.5) is 5.82 Å². The Balaban J connectivity index is 1.80. The maximum Gasteiger partial charge on any atom is 0.225 e. The van der Waals surface area contributed by atoms with Crippen LogP contribution in [0, 0.1) is 6.92 Å². The first-order valence-corrected chi connectivity index (χ1v) is 11.9. The molecule has 0 fully saturated rings. The number of benzene rings is 2. The second-order valence-corrected chi connectivity index (χ2v) is 8.96. The number of allylic oxidation sites excluding steroid dienone is 1. The van der Waals surface area contributed by atoms with Crippen LogP contribution in [0.2, 0.25) is 5.02 Å². The first kappa shape index (κ1) is 26.2. The molecule has 35 heavy (non-hydrogen) atoms. The fourth-order valence-corrected chi connectivity index (χ4v) is 4.42. The number of carbonyl (C=O) groups is 2. The van der Waals surface area contributed by atoms with Gasteiger partial charge in [-0.2, -0.15) is 0 Å². The highest BCUT2D eigenvalue weighted by atomic mass is 35.5. The number of nitrogens with zero attached hydrogens (tertiary/aromatic N) is 3. The second kappa shape index (κ2) is 12.3. The number of hydrogen-bond donors (Lipinski definition) is 2. The third kappa shape index (κ3) is 7.05. The molecule has 10 heteroatoms. The molecule has 0 aliphatic carbocycles. The summed E-state index contributed by atoms with van der Waals surface area (Å²) in [5.74, 6) is 1.94. The lowest BCUT2D eigenvalue weighted by atomic mass is 10.2. The van der Waals surface area contributed by atoms with Crippen LogP contribution in [-0.4, -0.2) is 38.1 Å². The van der Waals surface area contributed by atoms with Crippen molar-refractivity contribution in [2.75, 3.05) is 12.3 Å². The van der Waals surface area contributed by atoms with Gasteiger partial charge in [0.2, 0.25) is 11.5 Å². The number of aryl methyl sites for hydroxylation is 1. The molecule has 0 bridgehead atoms. The highest BCUT2D eigenvalue weighted by molar-refractivity contribution is 8.17. The van der Waals surface area contributed by atoms with Gasteiger partial charge in [0.15, 0.2) is 0 Å². The molecule has 1 heterocycles. The first-order valence-electron chi connectivity index (χ1n) is 10.7. The summed E-state index contributed by atoms with van der Waals surface area (Å²) in [5, 5.41) is 9.48. The van der Waals surface area contributed by atoms with E-state index in [1.165, 1.54) is 4.90 Å². The minimum absolute atomic E-state index is 0.122. The maximum atomic E-state index is 13.1. The van der Waals surface area contributed by atoms with E-state index in [1.54, 1.807) is 38.2 Å². The largest absolute Gasteiger partial charge is 0.457 e. The average molecular weight is 513 g/mol. The summed E-state index contributed by atoms with van der Waals surface area (Å²) < 4.78 is 5.76. The molecule has 3 aromatic rings. The van der Waals surface area contributed by atoms with Gasteiger partial charge < -0.3 is 20.5 Å². The molecule has 0 spiro atoms. The zero-order chi connectivity index (χ0) is 25.4. The number of thioether (sulfide) groups is 1. The third-order valence-electron chi connectivity index (χ3n) is 5.01. The van der Waals surface area contributed by atoms with Gasteiger partial charge in [-0.1, -0.05) is 29.8 Å². The highest BCUT2D eigenvalue weighted by Crippen LogP contribution is 2.33. The minimum atomic E-state index is -0.326. The van der Waals surface area contributed by atoms with Crippen molar-refractivity contribution < 1.29 is 19.4 Å². The molecule has 2 aromatic carbocycles. The summed E-state index contributed by atoms with van der Waals surface area (Å²) in [7, 11) is 0. The molecule has 1 amide bonds. The van der Waals surface area contributed by atoms with Crippen LogP contribution < -0.4 is 10.5 Å². The molecule has 0 atom stereocenters. The van der Waals surface area contributed by atoms with Crippen LogP contribution in [0.15, 0.2) is 65.3 Å². The number of aliphatic hydroxyl groups excluding tert-OH is 1. The lowest BCUT2D eigenvalue weighted by Crippen LogP contribution is -2.22. The number of para-hydroxylation sites is 1. The van der Waals surface area contributed by atoms with E-state index in [1.807, 2.05) is 30.3 Å². The summed E-state index contributed by atoms with van der Waals surface area (Å²) in [5.41, 5.74) is 7.32. The van der Waals surface area contributed by atoms with E-state index in [0.717, 1.165) is 11.8 Å². The van der Waals surface area contributed by atoms with Gasteiger partial charge in [0.1, 0.15) is 23.1 Å². The molecular formula is C25H25ClN4O4S. The van der Waals surface area contributed by atoms with Crippen molar-refractivity contribution in [2.45, 2.75) is 26.8 Å². The number of rotatable bonds is 10. The van der Waals surface area contributed by atoms with Gasteiger partial charge in [-0.3, -0.25) is 9.59 Å². The number of carbonyl (C=O) groups excluding carboxylic acids is 2. The monoisotopic (exact) mass is 512 g/mol. The van der Waals surface area contributed by atoms with Crippen LogP contribution in [0.3, 0.4) is 0 Å². The van der Waals surface area contributed by atoms with Crippen LogP contribution in [0.1, 0.15) is 35.1 Å². The van der Waals surface area contributed by atoms with E-state index >= 15 is 0 Å². The van der Waals surface area contributed by atoms with Crippen LogP contribution in [0.5, 0.6) is 11.5 Å². The number of hydrogen-bond acceptors (Lipinski definition) is 8. The summed E-state index contributed by atoms with van der Waals surface area (Å²) in [6.07, 6.45) is 2.38. The van der Waals surface area contributed by atoms with E-state index < -0.39 is 0 Å². The zero-order valence-electron chi connectivity index (χ0n) is 19.3. The quantitative estimate of drug-likeness (QED) is 0.366. The van der Waals surface area contributed by atoms with Gasteiger partial charge in [0.05, 0.1) is 11.6 Å². The Hall–Kier alpha value is -3.40. The van der Waals surface area contributed by atoms with Crippen molar-refractivity contribution >= 4 is 40.7 Å². The molecule has 0 saturated carbocycles. The molecule has 0 saturated heterocycles. The Morgan fingerprint density at radius 1 is 1.23 bits per heavy atom. The molecule has 3 rings (SSSR count). The Bertz CT molecular complexity index is 1240. The van der Waals surface area contributed by atoms with Crippen LogP contribution >= 0.6 is 23.4 Å². The second-order valence-electron chi connectivity index (χ2n) is 7.49. The lowest BCUT2D eigenvalue weighted by molar-refractivity contribution is -0.116. The normalized spacial score (nSPS) is 11.5. The topological polar surface area (TPSA) is 119 Å². The Morgan fingerprint density at radius 2 is 1.97 bits per heavy atom. The van der Waals surface area contributed by atoms with E-state index in [2.05, 4.69) is 9.97 Å². The van der Waals surface area contributed by atoms with Crippen molar-refractivity contribution in [3.8, 4) is 11.5 Å². The number of nitrogens with two attached hydrogens (primary N) is 1. The standard InChI is InChI=1S/C25H25ClN4O4S/c1-16(30(15-32)14-18-13-28-17(2)29-24(18)27)23(10-11-31)35-25(33)21-9-8-20(12-22(21)26)34-19-6-4-3-5-7-19/h3-9,12-13,15,31H,10-11,14H2,1-2H3,(H2,27,28,29)/b23-16-. The Labute approximate surface area is 212 Å². The molecule has 1 aromatic heterocycles. The highest BCUT2D eigenvalue weighted by Gasteiger charge is 2.19. The number of ether oxygens (including phenoxy) is 1. The number of anilines is 1. The first-order chi connectivity index (χ1) is 16.8. The summed E-state index contributed by atoms with van der Waals surface area (Å²) in [6.45, 7) is 3.34. The van der Waals surface area contributed by atoms with E-state index in [0.29, 0.717) is 39.9 Å². The van der Waals surface area contributed by atoms with Crippen molar-refractivity contribution in [3.63, 3.8) is 0 Å². The fourth-order valence-electron chi connectivity index (χ4n) is 3.14. The Morgan fingerprint density at radius 3 is 2.60 bits per heavy atom. The van der Waals surface area contributed by atoms with Gasteiger partial charge in [-0.25, -0.2) is 9.97 Å². The van der Waals surface area contributed by atoms with Crippen molar-refractivity contribution in [1.29, 1.82) is 0 Å². The average Bonchev–Trinajstić information content (AvgIpc) is 2.83. The SMILES string of the molecule is C/C(=C(\CCO)SC(=O)c1ccc(Oc2ccccc2)cc1Cl)N(C=O)Cc1cnc(C)nc1N. The number of halogens is 1. The van der Waals surface area contributed by atoms with Crippen LogP contribution in [0.25, 0.3) is 0 Å². The summed E-state index contributed by atoms with van der Waals surface area (Å²) >= 11 is 7.29. The fraction of sp³-hybridized carbons (Fsp3) is 0.200. The summed E-state index contributed by atoms with van der Waals surface area (Å²) in [6, 6.07) is 14.0. The van der Waals surface area contributed by atoms with Gasteiger partial charge in [0.25, 0.3) is 0 Å². The predicted molar refractivity (Wildman–Crippen MR) is 137 cm³/mol. The Kier molecular flexibility index (Phi) is 9.25. The molecule has 0 radical (unpaired) electrons. The number of amides is 1. The number of nitrogen functional groups attached to an aromatic ring is 1. The van der Waals surface area contributed by atoms with E-state index in [9.17, 15) is 14.7 Å². The van der Waals surface area contributed by atoms with Gasteiger partial charge in [0, 0.05) is 47.0 Å². The zero-order valence-corrected chi connectivity index (χ0v) is 20.8. The molecule has 182 valence electrons. The lowest BCUT2D eigenvalue weighted by Gasteiger charge is -2.22. The number of aromatic nitrogens is 2. The van der Waals surface area contributed by atoms with E-state index in [4.69, 9.17) is 22.1 Å². The minimum Gasteiger partial charge on any atom is -0.457 e. The van der Waals surface area contributed by atoms with Crippen LogP contribution in [-0.2, 0) is 11.3 Å². The predicted octanol–water partition coefficient (Wildman–Crippen LogP) is 4.96. The van der Waals surface area contributed by atoms with Gasteiger partial charge in [-0.15, -0.1) is 0 Å². The molecule has 0 unspecified atom stereocenters. The third-order valence-corrected chi connectivity index (χ3v) is 6.48. The summed E-state index contributed by atoms with van der Waals surface area (Å²) in [4.78, 5) is 35.1. The molecule has 0 aliphatic rings. The van der Waals surface area contributed by atoms with Crippen molar-refractivity contribution in [3.05, 3.63) is 87.3 Å². The van der Waals surface area contributed by atoms with Crippen molar-refractivity contribution in [2.24, 2.45) is 0 Å². The number of aliphatic hydroxyl groups is 1. The molecule has 8 nitrogen and oxygen atoms in total. The maximum absolute atomic E-state index is 13.1. The van der Waals surface area contributed by atoms with Gasteiger partial charge in [-0.05, 0) is 49.9 Å².